The molecule has 0 bridgehead atoms. The Hall–Kier alpha value is -1.85. The summed E-state index contributed by atoms with van der Waals surface area (Å²) < 4.78 is 14.8. The molecule has 25 heavy (non-hydrogen) atoms. The number of nitrogens with one attached hydrogen (secondary N) is 1. The van der Waals surface area contributed by atoms with Crippen molar-refractivity contribution in [3.05, 3.63) is 86.6 Å². The Morgan fingerprint density at radius 3 is 1.92 bits per heavy atom. The number of nitrogen functional groups attached to an aromatic ring is 1. The van der Waals surface area contributed by atoms with E-state index in [9.17, 15) is 4.39 Å². The molecule has 0 aliphatic carbocycles. The van der Waals surface area contributed by atoms with Gasteiger partial charge in [0.15, 0.2) is 0 Å². The van der Waals surface area contributed by atoms with Gasteiger partial charge in [-0.25, -0.2) is 4.39 Å². The highest BCUT2D eigenvalue weighted by molar-refractivity contribution is 9.10. The molecule has 5 heteroatoms. The van der Waals surface area contributed by atoms with E-state index in [0.717, 1.165) is 37.1 Å². The van der Waals surface area contributed by atoms with Crippen LogP contribution in [0.1, 0.15) is 11.1 Å². The molecule has 0 aromatic heterocycles. The van der Waals surface area contributed by atoms with Crippen molar-refractivity contribution in [1.82, 2.24) is 0 Å². The van der Waals surface area contributed by atoms with Crippen LogP contribution in [-0.4, -0.2) is 0 Å². The average molecular weight is 466 g/mol. The maximum absolute atomic E-state index is 12.7. The first kappa shape index (κ1) is 19.5. The Kier molecular flexibility index (Phi) is 7.02. The van der Waals surface area contributed by atoms with Crippen molar-refractivity contribution in [2.45, 2.75) is 13.8 Å². The van der Waals surface area contributed by atoms with E-state index in [1.165, 1.54) is 12.1 Å². The maximum atomic E-state index is 12.7. The van der Waals surface area contributed by atoms with Crippen LogP contribution in [0.15, 0.2) is 69.6 Å². The fourth-order valence-corrected chi connectivity index (χ4v) is 2.77. The molecule has 3 rings (SSSR count). The van der Waals surface area contributed by atoms with E-state index >= 15 is 0 Å². The summed E-state index contributed by atoms with van der Waals surface area (Å²) in [7, 11) is 0. The standard InChI is InChI=1S/C13H11BrFN.C7H8BrN/c1-9-2-3-10(14)8-13(9)16-12-6-4-11(15)5-7-12;1-5-2-3-6(8)4-7(5)9/h2-8,16H,1H3;2-4H,9H2,1H3. The molecule has 3 N–H and O–H groups in total. The SMILES string of the molecule is Cc1ccc(Br)cc1N.Cc1ccc(Br)cc1Nc1ccc(F)cc1. The molecule has 0 amide bonds. The molecule has 0 heterocycles. The van der Waals surface area contributed by atoms with E-state index in [1.807, 2.05) is 50.2 Å². The lowest BCUT2D eigenvalue weighted by atomic mass is 10.2. The highest BCUT2D eigenvalue weighted by Crippen LogP contribution is 2.24. The van der Waals surface area contributed by atoms with Crippen molar-refractivity contribution >= 4 is 48.9 Å². The zero-order valence-electron chi connectivity index (χ0n) is 14.0. The molecule has 0 saturated carbocycles. The Balaban J connectivity index is 0.000000212. The van der Waals surface area contributed by atoms with Crippen LogP contribution < -0.4 is 11.1 Å². The number of anilines is 3. The van der Waals surface area contributed by atoms with E-state index in [1.54, 1.807) is 12.1 Å². The van der Waals surface area contributed by atoms with Crippen LogP contribution in [-0.2, 0) is 0 Å². The van der Waals surface area contributed by atoms with Crippen molar-refractivity contribution in [3.63, 3.8) is 0 Å². The summed E-state index contributed by atoms with van der Waals surface area (Å²) >= 11 is 6.74. The summed E-state index contributed by atoms with van der Waals surface area (Å²) in [4.78, 5) is 0. The Bertz CT molecular complexity index is 849. The van der Waals surface area contributed by atoms with Gasteiger partial charge in [-0.1, -0.05) is 44.0 Å². The van der Waals surface area contributed by atoms with Gasteiger partial charge in [-0.15, -0.1) is 0 Å². The number of halogens is 3. The first-order valence-electron chi connectivity index (χ1n) is 7.65. The van der Waals surface area contributed by atoms with Crippen LogP contribution in [0.2, 0.25) is 0 Å². The van der Waals surface area contributed by atoms with Crippen molar-refractivity contribution in [1.29, 1.82) is 0 Å². The Morgan fingerprint density at radius 1 is 0.800 bits per heavy atom. The van der Waals surface area contributed by atoms with Gasteiger partial charge in [-0.05, 0) is 73.5 Å². The first-order valence-corrected chi connectivity index (χ1v) is 9.24. The highest BCUT2D eigenvalue weighted by atomic mass is 79.9. The van der Waals surface area contributed by atoms with Gasteiger partial charge in [0.1, 0.15) is 5.82 Å². The van der Waals surface area contributed by atoms with Crippen molar-refractivity contribution in [2.24, 2.45) is 0 Å². The van der Waals surface area contributed by atoms with Crippen LogP contribution in [0.4, 0.5) is 21.5 Å². The largest absolute Gasteiger partial charge is 0.398 e. The molecule has 3 aromatic rings. The second-order valence-electron chi connectivity index (χ2n) is 5.59. The summed E-state index contributed by atoms with van der Waals surface area (Å²) in [6, 6.07) is 18.2. The van der Waals surface area contributed by atoms with Crippen LogP contribution in [0.3, 0.4) is 0 Å². The number of rotatable bonds is 2. The maximum Gasteiger partial charge on any atom is 0.123 e. The quantitative estimate of drug-likeness (QED) is 0.400. The summed E-state index contributed by atoms with van der Waals surface area (Å²) in [5.41, 5.74) is 10.6. The van der Waals surface area contributed by atoms with E-state index in [-0.39, 0.29) is 5.82 Å². The van der Waals surface area contributed by atoms with Gasteiger partial charge in [0, 0.05) is 26.0 Å². The lowest BCUT2D eigenvalue weighted by Crippen LogP contribution is -1.93. The number of hydrogen-bond donors (Lipinski definition) is 2. The number of aryl methyl sites for hydroxylation is 2. The molecule has 0 saturated heterocycles. The van der Waals surface area contributed by atoms with Crippen LogP contribution in [0, 0.1) is 19.7 Å². The lowest BCUT2D eigenvalue weighted by molar-refractivity contribution is 0.628. The predicted octanol–water partition coefficient (Wildman–Crippen LogP) is 6.98. The van der Waals surface area contributed by atoms with Crippen molar-refractivity contribution in [2.75, 3.05) is 11.1 Å². The van der Waals surface area contributed by atoms with Gasteiger partial charge in [0.25, 0.3) is 0 Å². The summed E-state index contributed by atoms with van der Waals surface area (Å²) in [6.45, 7) is 4.01. The number of benzene rings is 3. The van der Waals surface area contributed by atoms with Crippen LogP contribution in [0.5, 0.6) is 0 Å². The van der Waals surface area contributed by atoms with Crippen molar-refractivity contribution < 1.29 is 4.39 Å². The average Bonchev–Trinajstić information content (AvgIpc) is 2.57. The summed E-state index contributed by atoms with van der Waals surface area (Å²) in [5.74, 6) is -0.225. The van der Waals surface area contributed by atoms with E-state index in [0.29, 0.717) is 0 Å². The third-order valence-electron chi connectivity index (χ3n) is 3.56. The second kappa shape index (κ2) is 9.02. The third-order valence-corrected chi connectivity index (χ3v) is 4.55. The predicted molar refractivity (Wildman–Crippen MR) is 112 cm³/mol. The molecule has 0 radical (unpaired) electrons. The normalized spacial score (nSPS) is 9.96. The van der Waals surface area contributed by atoms with Gasteiger partial charge in [-0.2, -0.15) is 0 Å². The molecule has 0 atom stereocenters. The molecule has 0 unspecified atom stereocenters. The van der Waals surface area contributed by atoms with Crippen molar-refractivity contribution in [3.8, 4) is 0 Å². The molecule has 0 spiro atoms. The molecular weight excluding hydrogens is 447 g/mol. The first-order chi connectivity index (χ1) is 11.8. The second-order valence-corrected chi connectivity index (χ2v) is 7.42. The Morgan fingerprint density at radius 2 is 1.36 bits per heavy atom. The fraction of sp³-hybridized carbons (Fsp3) is 0.100. The molecule has 2 nitrogen and oxygen atoms in total. The molecule has 0 aliphatic rings. The molecule has 0 aliphatic heterocycles. The third kappa shape index (κ3) is 6.18. The van der Waals surface area contributed by atoms with Gasteiger partial charge in [0.05, 0.1) is 0 Å². The monoisotopic (exact) mass is 464 g/mol. The smallest absolute Gasteiger partial charge is 0.123 e. The Labute approximate surface area is 164 Å². The van der Waals surface area contributed by atoms with Gasteiger partial charge < -0.3 is 11.1 Å². The van der Waals surface area contributed by atoms with E-state index in [2.05, 4.69) is 37.2 Å². The number of hydrogen-bond acceptors (Lipinski definition) is 2. The van der Waals surface area contributed by atoms with Gasteiger partial charge in [0.2, 0.25) is 0 Å². The summed E-state index contributed by atoms with van der Waals surface area (Å²) in [6.07, 6.45) is 0. The lowest BCUT2D eigenvalue weighted by Gasteiger charge is -2.09. The zero-order chi connectivity index (χ0) is 18.4. The minimum absolute atomic E-state index is 0.225. The van der Waals surface area contributed by atoms with Gasteiger partial charge in [-0.3, -0.25) is 0 Å². The van der Waals surface area contributed by atoms with E-state index in [4.69, 9.17) is 5.73 Å². The topological polar surface area (TPSA) is 38.0 Å². The molecule has 0 fully saturated rings. The number of nitrogens with two attached hydrogens (primary N) is 1. The zero-order valence-corrected chi connectivity index (χ0v) is 17.2. The molecule has 130 valence electrons. The molecule has 3 aromatic carbocycles. The fourth-order valence-electron chi connectivity index (χ4n) is 2.03. The van der Waals surface area contributed by atoms with Gasteiger partial charge >= 0.3 is 0 Å². The highest BCUT2D eigenvalue weighted by Gasteiger charge is 2.00. The minimum Gasteiger partial charge on any atom is -0.398 e. The van der Waals surface area contributed by atoms with E-state index < -0.39 is 0 Å². The van der Waals surface area contributed by atoms with Crippen LogP contribution >= 0.6 is 31.9 Å². The summed E-state index contributed by atoms with van der Waals surface area (Å²) in [5, 5.41) is 3.24. The molecular formula is C20H19Br2FN2. The minimum atomic E-state index is -0.225. The van der Waals surface area contributed by atoms with Crippen LogP contribution in [0.25, 0.3) is 0 Å².